The Kier molecular flexibility index (Phi) is 1.89. The Labute approximate surface area is 83.1 Å². The van der Waals surface area contributed by atoms with E-state index >= 15 is 0 Å². The molecule has 2 rings (SSSR count). The summed E-state index contributed by atoms with van der Waals surface area (Å²) in [6, 6.07) is 0. The molecule has 78 valence electrons. The van der Waals surface area contributed by atoms with Crippen LogP contribution in [0.2, 0.25) is 0 Å². The minimum Gasteiger partial charge on any atom is -0.857 e. The average Bonchev–Trinajstić information content (AvgIpc) is 2.16. The van der Waals surface area contributed by atoms with Gasteiger partial charge in [0.15, 0.2) is 0 Å². The van der Waals surface area contributed by atoms with Crippen LogP contribution < -0.4 is 20.7 Å². The van der Waals surface area contributed by atoms with Gasteiger partial charge in [0, 0.05) is 5.88 Å². The van der Waals surface area contributed by atoms with Crippen molar-refractivity contribution in [1.29, 1.82) is 0 Å². The minimum absolute atomic E-state index is 0.113. The number of nitrogen functional groups attached to an aromatic ring is 1. The van der Waals surface area contributed by atoms with E-state index in [1.54, 1.807) is 0 Å². The van der Waals surface area contributed by atoms with E-state index in [9.17, 15) is 15.0 Å². The smallest absolute Gasteiger partial charge is 0.244 e. The molecule has 0 saturated heterocycles. The molecular formula is C7H4N4O4-2. The highest BCUT2D eigenvalue weighted by Gasteiger charge is 2.17. The van der Waals surface area contributed by atoms with Crippen molar-refractivity contribution in [1.82, 2.24) is 9.97 Å². The van der Waals surface area contributed by atoms with E-state index in [4.69, 9.17) is 10.5 Å². The van der Waals surface area contributed by atoms with Crippen molar-refractivity contribution in [2.45, 2.75) is 0 Å². The SMILES string of the molecule is Nc1nc([O-])c2c(n1)OCC(C(=O)[O-])=N2. The fourth-order valence-electron chi connectivity index (χ4n) is 1.04. The van der Waals surface area contributed by atoms with Crippen molar-refractivity contribution in [3.05, 3.63) is 0 Å². The highest BCUT2D eigenvalue weighted by atomic mass is 16.5. The number of fused-ring (bicyclic) bond motifs is 1. The molecular weight excluding hydrogens is 204 g/mol. The highest BCUT2D eigenvalue weighted by molar-refractivity contribution is 6.36. The second-order valence-corrected chi connectivity index (χ2v) is 2.68. The molecule has 8 nitrogen and oxygen atoms in total. The van der Waals surface area contributed by atoms with Crippen LogP contribution in [0, 0.1) is 0 Å². The number of hydrogen-bond acceptors (Lipinski definition) is 8. The standard InChI is InChI=1S/C7H6N4O4/c8-7-10-4(12)3-5(11-7)15-1-2(9-3)6(13)14/h1H2,(H,13,14)(H3,8,10,11,12)/p-2. The molecule has 0 unspecified atom stereocenters. The van der Waals surface area contributed by atoms with E-state index in [0.717, 1.165) is 0 Å². The Morgan fingerprint density at radius 3 is 2.87 bits per heavy atom. The molecule has 0 saturated carbocycles. The lowest BCUT2D eigenvalue weighted by Gasteiger charge is -2.20. The monoisotopic (exact) mass is 208 g/mol. The predicted octanol–water partition coefficient (Wildman–Crippen LogP) is -2.65. The van der Waals surface area contributed by atoms with Crippen LogP contribution in [-0.2, 0) is 4.79 Å². The molecule has 8 heteroatoms. The lowest BCUT2D eigenvalue weighted by atomic mass is 10.3. The quantitative estimate of drug-likeness (QED) is 0.531. The van der Waals surface area contributed by atoms with Crippen molar-refractivity contribution in [3.63, 3.8) is 0 Å². The van der Waals surface area contributed by atoms with Gasteiger partial charge in [0.25, 0.3) is 0 Å². The molecule has 0 bridgehead atoms. The van der Waals surface area contributed by atoms with E-state index in [-0.39, 0.29) is 29.8 Å². The van der Waals surface area contributed by atoms with E-state index in [2.05, 4.69) is 15.0 Å². The number of ether oxygens (including phenoxy) is 1. The predicted molar refractivity (Wildman–Crippen MR) is 43.5 cm³/mol. The molecule has 1 aliphatic rings. The third kappa shape index (κ3) is 1.52. The summed E-state index contributed by atoms with van der Waals surface area (Å²) in [6.07, 6.45) is 0. The molecule has 1 aromatic heterocycles. The fraction of sp³-hybridized carbons (Fsp3) is 0.143. The number of nitrogens with two attached hydrogens (primary N) is 1. The molecule has 2 N–H and O–H groups in total. The van der Waals surface area contributed by atoms with Gasteiger partial charge in [-0.25, -0.2) is 9.98 Å². The number of carbonyl (C=O) groups is 1. The summed E-state index contributed by atoms with van der Waals surface area (Å²) >= 11 is 0. The first kappa shape index (κ1) is 9.19. The summed E-state index contributed by atoms with van der Waals surface area (Å²) in [7, 11) is 0. The van der Waals surface area contributed by atoms with Gasteiger partial charge in [0.2, 0.25) is 11.8 Å². The summed E-state index contributed by atoms with van der Waals surface area (Å²) in [4.78, 5) is 20.9. The summed E-state index contributed by atoms with van der Waals surface area (Å²) in [6.45, 7) is -0.314. The first-order valence-electron chi connectivity index (χ1n) is 3.84. The topological polar surface area (TPSA) is 137 Å². The highest BCUT2D eigenvalue weighted by Crippen LogP contribution is 2.34. The molecule has 0 amide bonds. The van der Waals surface area contributed by atoms with Gasteiger partial charge in [-0.15, -0.1) is 0 Å². The van der Waals surface area contributed by atoms with Crippen LogP contribution in [0.5, 0.6) is 11.8 Å². The number of anilines is 1. The summed E-state index contributed by atoms with van der Waals surface area (Å²) in [5, 5.41) is 21.7. The van der Waals surface area contributed by atoms with Gasteiger partial charge in [0.05, 0.1) is 5.97 Å². The Bertz CT molecular complexity index is 470. The number of aliphatic carboxylic acids is 1. The molecule has 0 spiro atoms. The third-order valence-electron chi connectivity index (χ3n) is 1.67. The zero-order valence-electron chi connectivity index (χ0n) is 7.26. The molecule has 2 heterocycles. The van der Waals surface area contributed by atoms with Crippen LogP contribution in [0.25, 0.3) is 0 Å². The number of rotatable bonds is 1. The molecule has 0 aromatic carbocycles. The number of carboxylic acids is 1. The maximum absolute atomic E-state index is 11.2. The molecule has 15 heavy (non-hydrogen) atoms. The number of carboxylic acid groups (broad SMARTS) is 1. The van der Waals surface area contributed by atoms with E-state index < -0.39 is 11.8 Å². The lowest BCUT2D eigenvalue weighted by Crippen LogP contribution is -2.36. The fourth-order valence-corrected chi connectivity index (χ4v) is 1.04. The second-order valence-electron chi connectivity index (χ2n) is 2.68. The molecule has 0 radical (unpaired) electrons. The maximum atomic E-state index is 11.2. The van der Waals surface area contributed by atoms with Gasteiger partial charge < -0.3 is 25.5 Å². The normalized spacial score (nSPS) is 13.7. The van der Waals surface area contributed by atoms with E-state index in [0.29, 0.717) is 0 Å². The van der Waals surface area contributed by atoms with Gasteiger partial charge in [-0.3, -0.25) is 0 Å². The summed E-state index contributed by atoms with van der Waals surface area (Å²) in [5.41, 5.74) is 4.55. The van der Waals surface area contributed by atoms with Crippen LogP contribution in [-0.4, -0.2) is 28.3 Å². The first-order valence-corrected chi connectivity index (χ1v) is 3.84. The minimum atomic E-state index is -1.50. The Balaban J connectivity index is 2.55. The van der Waals surface area contributed by atoms with Crippen molar-refractivity contribution >= 4 is 23.3 Å². The number of hydrogen-bond donors (Lipinski definition) is 1. The Hall–Kier alpha value is -2.38. The second kappa shape index (κ2) is 3.08. The van der Waals surface area contributed by atoms with Crippen LogP contribution in [0.3, 0.4) is 0 Å². The number of carbonyl (C=O) groups excluding carboxylic acids is 1. The van der Waals surface area contributed by atoms with Crippen LogP contribution in [0.1, 0.15) is 0 Å². The van der Waals surface area contributed by atoms with Crippen LogP contribution in [0.4, 0.5) is 11.6 Å². The van der Waals surface area contributed by atoms with Gasteiger partial charge in [-0.2, -0.15) is 4.98 Å². The van der Waals surface area contributed by atoms with Crippen molar-refractivity contribution in [2.24, 2.45) is 4.99 Å². The van der Waals surface area contributed by atoms with Crippen LogP contribution >= 0.6 is 0 Å². The average molecular weight is 208 g/mol. The third-order valence-corrected chi connectivity index (χ3v) is 1.67. The van der Waals surface area contributed by atoms with E-state index in [1.165, 1.54) is 0 Å². The molecule has 1 aliphatic heterocycles. The summed E-state index contributed by atoms with van der Waals surface area (Å²) in [5.74, 6) is -2.64. The largest absolute Gasteiger partial charge is 0.857 e. The maximum Gasteiger partial charge on any atom is 0.244 e. The van der Waals surface area contributed by atoms with Crippen molar-refractivity contribution < 1.29 is 19.7 Å². The zero-order valence-corrected chi connectivity index (χ0v) is 7.26. The number of aliphatic imine (C=N–C) groups is 1. The van der Waals surface area contributed by atoms with Crippen LogP contribution in [0.15, 0.2) is 4.99 Å². The number of aromatic nitrogens is 2. The first-order chi connectivity index (χ1) is 7.08. The van der Waals surface area contributed by atoms with Crippen molar-refractivity contribution in [3.8, 4) is 11.8 Å². The lowest BCUT2D eigenvalue weighted by molar-refractivity contribution is -0.294. The summed E-state index contributed by atoms with van der Waals surface area (Å²) < 4.78 is 4.88. The van der Waals surface area contributed by atoms with Gasteiger partial charge in [-0.1, -0.05) is 0 Å². The van der Waals surface area contributed by atoms with Gasteiger partial charge in [-0.05, 0) is 0 Å². The van der Waals surface area contributed by atoms with Crippen molar-refractivity contribution in [2.75, 3.05) is 12.3 Å². The van der Waals surface area contributed by atoms with Gasteiger partial charge >= 0.3 is 0 Å². The molecule has 0 aliphatic carbocycles. The molecule has 0 fully saturated rings. The molecule has 0 atom stereocenters. The molecule has 1 aromatic rings. The zero-order chi connectivity index (χ0) is 11.0. The Morgan fingerprint density at radius 1 is 1.47 bits per heavy atom. The van der Waals surface area contributed by atoms with Gasteiger partial charge in [0.1, 0.15) is 18.0 Å². The van der Waals surface area contributed by atoms with E-state index in [1.807, 2.05) is 0 Å². The number of nitrogens with zero attached hydrogens (tertiary/aromatic N) is 3. The Morgan fingerprint density at radius 2 is 2.20 bits per heavy atom.